The Bertz CT molecular complexity index is 942. The summed E-state index contributed by atoms with van der Waals surface area (Å²) in [6, 6.07) is 6.05. The third-order valence-electron chi connectivity index (χ3n) is 4.08. The van der Waals surface area contributed by atoms with Gasteiger partial charge in [0.05, 0.1) is 0 Å². The van der Waals surface area contributed by atoms with Crippen LogP contribution in [0.1, 0.15) is 18.9 Å². The number of anilines is 1. The van der Waals surface area contributed by atoms with Crippen molar-refractivity contribution in [2.24, 2.45) is 0 Å². The smallest absolute Gasteiger partial charge is 0.300 e. The Balaban J connectivity index is 0.000000589. The molecule has 0 fully saturated rings. The summed E-state index contributed by atoms with van der Waals surface area (Å²) in [5.74, 6) is 1.48. The minimum absolute atomic E-state index is 0.312. The van der Waals surface area contributed by atoms with Crippen molar-refractivity contribution in [2.75, 3.05) is 31.8 Å². The molecular weight excluding hydrogens is 408 g/mol. The number of carboxylic acid groups (broad SMARTS) is 1. The molecule has 1 aromatic carbocycles. The number of hydrogen-bond donors (Lipinski definition) is 2. The molecule has 0 saturated heterocycles. The third-order valence-corrected chi connectivity index (χ3v) is 4.90. The lowest BCUT2D eigenvalue weighted by Gasteiger charge is -2.15. The van der Waals surface area contributed by atoms with Gasteiger partial charge in [-0.25, -0.2) is 4.98 Å². The molecule has 0 spiro atoms. The maximum absolute atomic E-state index is 9.00. The number of hydrogen-bond acceptors (Lipinski definition) is 9. The number of carbonyl (C=O) groups is 1. The van der Waals surface area contributed by atoms with Crippen molar-refractivity contribution in [3.63, 3.8) is 0 Å². The highest BCUT2D eigenvalue weighted by Gasteiger charge is 2.13. The van der Waals surface area contributed by atoms with E-state index in [2.05, 4.69) is 30.6 Å². The van der Waals surface area contributed by atoms with Crippen LogP contribution in [0.25, 0.3) is 5.95 Å². The molecule has 2 N–H and O–H groups in total. The van der Waals surface area contributed by atoms with Crippen LogP contribution in [-0.4, -0.2) is 56.9 Å². The fourth-order valence-corrected chi connectivity index (χ4v) is 3.32. The summed E-state index contributed by atoms with van der Waals surface area (Å²) in [5.41, 5.74) is 1.19. The van der Waals surface area contributed by atoms with Gasteiger partial charge in [-0.15, -0.1) is 0 Å². The van der Waals surface area contributed by atoms with Crippen molar-refractivity contribution in [1.29, 1.82) is 0 Å². The quantitative estimate of drug-likeness (QED) is 0.517. The van der Waals surface area contributed by atoms with E-state index in [1.54, 1.807) is 17.1 Å². The second kappa shape index (κ2) is 10.6. The third kappa shape index (κ3) is 6.16. The molecule has 160 valence electrons. The largest absolute Gasteiger partial charge is 0.481 e. The summed E-state index contributed by atoms with van der Waals surface area (Å²) in [5, 5.41) is 11.8. The molecule has 0 aliphatic carbocycles. The monoisotopic (exact) mass is 432 g/mol. The summed E-state index contributed by atoms with van der Waals surface area (Å²) < 4.78 is 16.9. The molecule has 1 aliphatic heterocycles. The predicted octanol–water partition coefficient (Wildman–Crippen LogP) is 2.16. The summed E-state index contributed by atoms with van der Waals surface area (Å²) in [6.45, 7) is 4.04. The van der Waals surface area contributed by atoms with Crippen molar-refractivity contribution < 1.29 is 19.4 Å². The number of carboxylic acids is 1. The number of fused-ring (bicyclic) bond motifs is 1. The average molecular weight is 433 g/mol. The Morgan fingerprint density at radius 2 is 2.17 bits per heavy atom. The number of imidazole rings is 1. The lowest BCUT2D eigenvalue weighted by molar-refractivity contribution is -0.134. The van der Waals surface area contributed by atoms with E-state index in [0.717, 1.165) is 49.6 Å². The predicted molar refractivity (Wildman–Crippen MR) is 112 cm³/mol. The lowest BCUT2D eigenvalue weighted by Crippen LogP contribution is -2.23. The number of rotatable bonds is 8. The number of nitrogens with one attached hydrogen (secondary N) is 1. The molecular formula is C19H24N6O4S. The molecule has 0 saturated carbocycles. The SMILES string of the molecule is CC(=O)O.CN(CCCNCc1ccc2c(c1)OCO2)c1nc(-n2ccnc2)ns1. The molecule has 2 aromatic heterocycles. The Labute approximate surface area is 178 Å². The molecule has 0 unspecified atom stereocenters. The van der Waals surface area contributed by atoms with E-state index in [0.29, 0.717) is 12.7 Å². The second-order valence-corrected chi connectivity index (χ2v) is 7.24. The normalized spacial score (nSPS) is 11.7. The first-order valence-corrected chi connectivity index (χ1v) is 10.1. The van der Waals surface area contributed by atoms with Gasteiger partial charge in [-0.05, 0) is 30.7 Å². The van der Waals surface area contributed by atoms with E-state index in [9.17, 15) is 0 Å². The summed E-state index contributed by atoms with van der Waals surface area (Å²) in [6.07, 6.45) is 6.27. The van der Waals surface area contributed by atoms with Crippen LogP contribution in [0.5, 0.6) is 11.5 Å². The minimum Gasteiger partial charge on any atom is -0.481 e. The number of ether oxygens (including phenoxy) is 2. The van der Waals surface area contributed by atoms with Crippen molar-refractivity contribution in [1.82, 2.24) is 24.2 Å². The highest BCUT2D eigenvalue weighted by atomic mass is 32.1. The van der Waals surface area contributed by atoms with Crippen molar-refractivity contribution >= 4 is 22.6 Å². The molecule has 30 heavy (non-hydrogen) atoms. The van der Waals surface area contributed by atoms with Crippen LogP contribution in [0.15, 0.2) is 36.9 Å². The van der Waals surface area contributed by atoms with E-state index in [-0.39, 0.29) is 0 Å². The Hall–Kier alpha value is -3.18. The molecule has 10 nitrogen and oxygen atoms in total. The number of aromatic nitrogens is 4. The van der Waals surface area contributed by atoms with Gasteiger partial charge in [0, 0.05) is 51.0 Å². The molecule has 3 aromatic rings. The fraction of sp³-hybridized carbons (Fsp3) is 0.368. The minimum atomic E-state index is -0.833. The highest BCUT2D eigenvalue weighted by Crippen LogP contribution is 2.32. The number of aliphatic carboxylic acids is 1. The first-order valence-electron chi connectivity index (χ1n) is 9.35. The zero-order valence-electron chi connectivity index (χ0n) is 16.8. The lowest BCUT2D eigenvalue weighted by atomic mass is 10.2. The Morgan fingerprint density at radius 1 is 1.37 bits per heavy atom. The van der Waals surface area contributed by atoms with Gasteiger partial charge in [-0.1, -0.05) is 6.07 Å². The summed E-state index contributed by atoms with van der Waals surface area (Å²) in [7, 11) is 2.04. The number of nitrogens with zero attached hydrogens (tertiary/aromatic N) is 5. The van der Waals surface area contributed by atoms with E-state index >= 15 is 0 Å². The van der Waals surface area contributed by atoms with E-state index in [1.807, 2.05) is 25.4 Å². The first kappa shape index (κ1) is 21.5. The molecule has 3 heterocycles. The van der Waals surface area contributed by atoms with Crippen LogP contribution < -0.4 is 19.7 Å². The van der Waals surface area contributed by atoms with E-state index in [4.69, 9.17) is 19.4 Å². The highest BCUT2D eigenvalue weighted by molar-refractivity contribution is 7.09. The second-order valence-electron chi connectivity index (χ2n) is 6.51. The van der Waals surface area contributed by atoms with Crippen LogP contribution >= 0.6 is 11.5 Å². The van der Waals surface area contributed by atoms with Gasteiger partial charge in [-0.2, -0.15) is 9.36 Å². The molecule has 11 heteroatoms. The Morgan fingerprint density at radius 3 is 2.93 bits per heavy atom. The first-order chi connectivity index (χ1) is 14.5. The molecule has 4 rings (SSSR count). The zero-order chi connectivity index (χ0) is 21.3. The van der Waals surface area contributed by atoms with Crippen molar-refractivity contribution in [3.8, 4) is 17.4 Å². The fourth-order valence-electron chi connectivity index (χ4n) is 2.67. The van der Waals surface area contributed by atoms with Gasteiger partial charge in [0.2, 0.25) is 17.9 Å². The van der Waals surface area contributed by atoms with Crippen LogP contribution in [-0.2, 0) is 11.3 Å². The van der Waals surface area contributed by atoms with E-state index in [1.165, 1.54) is 17.1 Å². The molecule has 1 aliphatic rings. The maximum Gasteiger partial charge on any atom is 0.300 e. The molecule has 0 atom stereocenters. The standard InChI is InChI=1S/C17H20N6O2S.C2H4O2/c1-22(17-20-16(21-26-17)23-8-6-19-11-23)7-2-5-18-10-13-3-4-14-15(9-13)25-12-24-14;1-2(3)4/h3-4,6,8-9,11,18H,2,5,7,10,12H2,1H3;1H3,(H,3,4). The summed E-state index contributed by atoms with van der Waals surface area (Å²) in [4.78, 5) is 19.7. The Kier molecular flexibility index (Phi) is 7.57. The van der Waals surface area contributed by atoms with Crippen LogP contribution in [0.4, 0.5) is 5.13 Å². The number of benzene rings is 1. The molecule has 0 amide bonds. The van der Waals surface area contributed by atoms with Gasteiger partial charge in [-0.3, -0.25) is 9.36 Å². The molecule has 0 radical (unpaired) electrons. The van der Waals surface area contributed by atoms with Gasteiger partial charge in [0.1, 0.15) is 6.33 Å². The molecule has 0 bridgehead atoms. The summed E-state index contributed by atoms with van der Waals surface area (Å²) >= 11 is 1.40. The van der Waals surface area contributed by atoms with Gasteiger partial charge < -0.3 is 24.8 Å². The maximum atomic E-state index is 9.00. The van der Waals surface area contributed by atoms with Crippen molar-refractivity contribution in [3.05, 3.63) is 42.5 Å². The van der Waals surface area contributed by atoms with E-state index < -0.39 is 5.97 Å². The topological polar surface area (TPSA) is 115 Å². The van der Waals surface area contributed by atoms with Gasteiger partial charge in [0.15, 0.2) is 11.5 Å². The van der Waals surface area contributed by atoms with Gasteiger partial charge in [0.25, 0.3) is 5.97 Å². The van der Waals surface area contributed by atoms with Crippen LogP contribution in [0.2, 0.25) is 0 Å². The average Bonchev–Trinajstić information content (AvgIpc) is 3.47. The van der Waals surface area contributed by atoms with Crippen molar-refractivity contribution in [2.45, 2.75) is 19.9 Å². The van der Waals surface area contributed by atoms with Crippen LogP contribution in [0.3, 0.4) is 0 Å². The zero-order valence-corrected chi connectivity index (χ0v) is 17.6. The van der Waals surface area contributed by atoms with Gasteiger partial charge >= 0.3 is 0 Å². The van der Waals surface area contributed by atoms with Crippen LogP contribution in [0, 0.1) is 0 Å².